The lowest BCUT2D eigenvalue weighted by molar-refractivity contribution is -0.122. The molecular formula is C17H17FN6O3. The van der Waals surface area contributed by atoms with Gasteiger partial charge in [-0.05, 0) is 17.7 Å². The van der Waals surface area contributed by atoms with Crippen LogP contribution in [0.2, 0.25) is 0 Å². The van der Waals surface area contributed by atoms with Crippen LogP contribution in [0.25, 0.3) is 10.9 Å². The monoisotopic (exact) mass is 372 g/mol. The number of aromatic amines is 1. The molecule has 0 radical (unpaired) electrons. The van der Waals surface area contributed by atoms with Crippen LogP contribution in [-0.2, 0) is 4.79 Å². The number of anilines is 1. The second-order valence-electron chi connectivity index (χ2n) is 5.55. The van der Waals surface area contributed by atoms with Crippen LogP contribution in [-0.4, -0.2) is 41.3 Å². The molecule has 2 heterocycles. The molecule has 0 aliphatic carbocycles. The zero-order valence-electron chi connectivity index (χ0n) is 14.5. The Kier molecular flexibility index (Phi) is 5.15. The van der Waals surface area contributed by atoms with Crippen LogP contribution >= 0.6 is 0 Å². The third-order valence-corrected chi connectivity index (χ3v) is 3.83. The van der Waals surface area contributed by atoms with Crippen molar-refractivity contribution in [2.45, 2.75) is 6.04 Å². The minimum absolute atomic E-state index is 0.251. The van der Waals surface area contributed by atoms with Crippen LogP contribution in [0.5, 0.6) is 5.88 Å². The Morgan fingerprint density at radius 2 is 2.00 bits per heavy atom. The highest BCUT2D eigenvalue weighted by molar-refractivity contribution is 5.95. The van der Waals surface area contributed by atoms with Gasteiger partial charge in [-0.3, -0.25) is 15.2 Å². The van der Waals surface area contributed by atoms with Crippen molar-refractivity contribution in [3.8, 4) is 5.88 Å². The SMILES string of the molecule is CNC(=O)C(NC(=O)Nc1cc2[nH]nc(OC)c2cn1)c1ccc(F)cc1. The van der Waals surface area contributed by atoms with E-state index in [1.807, 2.05) is 0 Å². The lowest BCUT2D eigenvalue weighted by Gasteiger charge is -2.18. The quantitative estimate of drug-likeness (QED) is 0.543. The fourth-order valence-corrected chi connectivity index (χ4v) is 2.50. The maximum absolute atomic E-state index is 13.1. The number of pyridine rings is 1. The van der Waals surface area contributed by atoms with Crippen molar-refractivity contribution >= 4 is 28.7 Å². The van der Waals surface area contributed by atoms with Gasteiger partial charge in [-0.15, -0.1) is 5.10 Å². The zero-order valence-corrected chi connectivity index (χ0v) is 14.5. The van der Waals surface area contributed by atoms with Gasteiger partial charge in [-0.2, -0.15) is 0 Å². The highest BCUT2D eigenvalue weighted by atomic mass is 19.1. The van der Waals surface area contributed by atoms with E-state index in [0.29, 0.717) is 22.3 Å². The first-order valence-corrected chi connectivity index (χ1v) is 7.94. The zero-order chi connectivity index (χ0) is 19.4. The van der Waals surface area contributed by atoms with Crippen LogP contribution < -0.4 is 20.7 Å². The topological polar surface area (TPSA) is 121 Å². The number of hydrogen-bond donors (Lipinski definition) is 4. The first kappa shape index (κ1) is 18.1. The van der Waals surface area contributed by atoms with Crippen LogP contribution in [0.3, 0.4) is 0 Å². The van der Waals surface area contributed by atoms with E-state index in [2.05, 4.69) is 31.1 Å². The van der Waals surface area contributed by atoms with Gasteiger partial charge in [0.1, 0.15) is 17.7 Å². The van der Waals surface area contributed by atoms with Gasteiger partial charge in [0.2, 0.25) is 11.8 Å². The van der Waals surface area contributed by atoms with Crippen molar-refractivity contribution in [1.82, 2.24) is 25.8 Å². The number of carbonyl (C=O) groups is 2. The highest BCUT2D eigenvalue weighted by Gasteiger charge is 2.22. The van der Waals surface area contributed by atoms with Gasteiger partial charge in [0.05, 0.1) is 18.0 Å². The number of H-pyrrole nitrogens is 1. The standard InChI is InChI=1S/C17H17FN6O3/c1-19-15(25)14(9-3-5-10(18)6-4-9)22-17(26)21-13-7-12-11(8-20-13)16(27-2)24-23-12/h3-8,14H,1-2H3,(H,19,25)(H,23,24)(H2,20,21,22,26). The maximum Gasteiger partial charge on any atom is 0.321 e. The van der Waals surface area contributed by atoms with Crippen LogP contribution in [0.1, 0.15) is 11.6 Å². The van der Waals surface area contributed by atoms with E-state index in [1.54, 1.807) is 6.07 Å². The average Bonchev–Trinajstić information content (AvgIpc) is 3.08. The molecule has 3 rings (SSSR count). The first-order valence-electron chi connectivity index (χ1n) is 7.94. The second-order valence-corrected chi connectivity index (χ2v) is 5.55. The Balaban J connectivity index is 1.75. The molecule has 0 saturated carbocycles. The fourth-order valence-electron chi connectivity index (χ4n) is 2.50. The summed E-state index contributed by atoms with van der Waals surface area (Å²) < 4.78 is 18.2. The Labute approximate surface area is 153 Å². The number of likely N-dealkylation sites (N-methyl/N-ethyl adjacent to an activating group) is 1. The van der Waals surface area contributed by atoms with Crippen molar-refractivity contribution in [2.75, 3.05) is 19.5 Å². The van der Waals surface area contributed by atoms with E-state index >= 15 is 0 Å². The molecule has 0 spiro atoms. The number of benzene rings is 1. The summed E-state index contributed by atoms with van der Waals surface area (Å²) in [4.78, 5) is 28.5. The van der Waals surface area contributed by atoms with Gasteiger partial charge >= 0.3 is 6.03 Å². The van der Waals surface area contributed by atoms with Crippen molar-refractivity contribution in [3.05, 3.63) is 47.9 Å². The molecule has 9 nitrogen and oxygen atoms in total. The average molecular weight is 372 g/mol. The molecule has 27 heavy (non-hydrogen) atoms. The van der Waals surface area contributed by atoms with Gasteiger partial charge in [-0.25, -0.2) is 14.2 Å². The number of carbonyl (C=O) groups excluding carboxylic acids is 2. The normalized spacial score (nSPS) is 11.7. The van der Waals surface area contributed by atoms with Crippen molar-refractivity contribution in [2.24, 2.45) is 0 Å². The predicted octanol–water partition coefficient (Wildman–Crippen LogP) is 1.71. The van der Waals surface area contributed by atoms with Crippen molar-refractivity contribution in [3.63, 3.8) is 0 Å². The van der Waals surface area contributed by atoms with Gasteiger partial charge < -0.3 is 15.4 Å². The molecule has 0 aliphatic heterocycles. The number of urea groups is 1. The number of hydrogen-bond acceptors (Lipinski definition) is 5. The smallest absolute Gasteiger partial charge is 0.321 e. The van der Waals surface area contributed by atoms with Crippen LogP contribution in [0.15, 0.2) is 36.5 Å². The summed E-state index contributed by atoms with van der Waals surface area (Å²) in [6.07, 6.45) is 1.50. The Bertz CT molecular complexity index is 972. The highest BCUT2D eigenvalue weighted by Crippen LogP contribution is 2.23. The maximum atomic E-state index is 13.1. The number of nitrogens with one attached hydrogen (secondary N) is 4. The molecule has 1 aromatic carbocycles. The molecule has 0 saturated heterocycles. The van der Waals surface area contributed by atoms with E-state index in [-0.39, 0.29) is 5.82 Å². The fraction of sp³-hybridized carbons (Fsp3) is 0.176. The Morgan fingerprint density at radius 1 is 1.26 bits per heavy atom. The summed E-state index contributed by atoms with van der Waals surface area (Å²) in [5, 5.41) is 14.9. The summed E-state index contributed by atoms with van der Waals surface area (Å²) >= 11 is 0. The molecule has 1 atom stereocenters. The summed E-state index contributed by atoms with van der Waals surface area (Å²) in [6, 6.07) is 5.22. The van der Waals surface area contributed by atoms with Crippen LogP contribution in [0.4, 0.5) is 15.0 Å². The second kappa shape index (κ2) is 7.68. The lowest BCUT2D eigenvalue weighted by Crippen LogP contribution is -2.41. The molecule has 2 aromatic heterocycles. The number of methoxy groups -OCH3 is 1. The third-order valence-electron chi connectivity index (χ3n) is 3.83. The summed E-state index contributed by atoms with van der Waals surface area (Å²) in [6.45, 7) is 0. The van der Waals surface area contributed by atoms with Gasteiger partial charge in [0.25, 0.3) is 0 Å². The van der Waals surface area contributed by atoms with Crippen molar-refractivity contribution < 1.29 is 18.7 Å². The molecular weight excluding hydrogens is 355 g/mol. The van der Waals surface area contributed by atoms with Gasteiger partial charge in [-0.1, -0.05) is 12.1 Å². The van der Waals surface area contributed by atoms with E-state index in [9.17, 15) is 14.0 Å². The Hall–Kier alpha value is -3.69. The van der Waals surface area contributed by atoms with E-state index in [4.69, 9.17) is 4.74 Å². The Morgan fingerprint density at radius 3 is 2.67 bits per heavy atom. The lowest BCUT2D eigenvalue weighted by atomic mass is 10.1. The predicted molar refractivity (Wildman–Crippen MR) is 95.8 cm³/mol. The number of halogens is 1. The first-order chi connectivity index (χ1) is 13.0. The molecule has 3 aromatic rings. The van der Waals surface area contributed by atoms with Crippen LogP contribution in [0, 0.1) is 5.82 Å². The largest absolute Gasteiger partial charge is 0.479 e. The number of ether oxygens (including phenoxy) is 1. The molecule has 4 N–H and O–H groups in total. The summed E-state index contributed by atoms with van der Waals surface area (Å²) in [5.41, 5.74) is 1.06. The molecule has 0 aliphatic rings. The van der Waals surface area contributed by atoms with Crippen molar-refractivity contribution in [1.29, 1.82) is 0 Å². The molecule has 10 heteroatoms. The molecule has 0 bridgehead atoms. The molecule has 140 valence electrons. The van der Waals surface area contributed by atoms with E-state index < -0.39 is 23.8 Å². The minimum atomic E-state index is -0.994. The summed E-state index contributed by atoms with van der Waals surface area (Å²) in [5.74, 6) is -0.240. The number of rotatable bonds is 5. The van der Waals surface area contributed by atoms with Gasteiger partial charge in [0.15, 0.2) is 0 Å². The number of aromatic nitrogens is 3. The number of amides is 3. The molecule has 1 unspecified atom stereocenters. The minimum Gasteiger partial charge on any atom is -0.479 e. The third kappa shape index (κ3) is 3.94. The van der Waals surface area contributed by atoms with E-state index in [0.717, 1.165) is 0 Å². The van der Waals surface area contributed by atoms with Gasteiger partial charge in [0, 0.05) is 19.3 Å². The molecule has 3 amide bonds. The summed E-state index contributed by atoms with van der Waals surface area (Å²) in [7, 11) is 2.93. The number of nitrogens with zero attached hydrogens (tertiary/aromatic N) is 2. The molecule has 0 fully saturated rings. The van der Waals surface area contributed by atoms with E-state index in [1.165, 1.54) is 44.6 Å². The number of fused-ring (bicyclic) bond motifs is 1.